The van der Waals surface area contributed by atoms with Gasteiger partial charge in [-0.05, 0) is 33.6 Å². The van der Waals surface area contributed by atoms with E-state index >= 15 is 0 Å². The summed E-state index contributed by atoms with van der Waals surface area (Å²) in [6.07, 6.45) is 0.229. The molecule has 2 fully saturated rings. The van der Waals surface area contributed by atoms with Crippen molar-refractivity contribution in [3.63, 3.8) is 0 Å². The molecule has 0 bridgehead atoms. The number of carbonyl (C=O) groups is 5. The van der Waals surface area contributed by atoms with Gasteiger partial charge in [0.2, 0.25) is 0 Å². The van der Waals surface area contributed by atoms with E-state index < -0.39 is 52.3 Å². The van der Waals surface area contributed by atoms with E-state index in [4.69, 9.17) is 14.3 Å². The molecule has 1 heterocycles. The summed E-state index contributed by atoms with van der Waals surface area (Å²) in [4.78, 5) is 65.6. The van der Waals surface area contributed by atoms with Gasteiger partial charge in [-0.3, -0.25) is 24.0 Å². The molecular formula is C22H25NO9. The number of carbonyl (C=O) groups excluding carboxylic acids is 5. The summed E-state index contributed by atoms with van der Waals surface area (Å²) in [6.45, 7) is 5.94. The number of hydroxylamine groups is 2. The summed E-state index contributed by atoms with van der Waals surface area (Å²) in [5.41, 5.74) is -2.16. The van der Waals surface area contributed by atoms with Crippen LogP contribution in [0.25, 0.3) is 0 Å². The van der Waals surface area contributed by atoms with Gasteiger partial charge in [0, 0.05) is 36.3 Å². The molecule has 0 unspecified atom stereocenters. The number of imide groups is 1. The van der Waals surface area contributed by atoms with Crippen molar-refractivity contribution in [2.24, 2.45) is 10.8 Å². The number of aliphatic hydroxyl groups is 1. The quantitative estimate of drug-likeness (QED) is 0.502. The lowest BCUT2D eigenvalue weighted by Gasteiger charge is -2.40. The SMILES string of the molecule is CC(=O)OC[C@]1(C)C=C2C(=O)[C@](C)(O)C3(CC3)C(C)=C2[C@H]1OC(=O)ON1C(=O)CCC1=O. The first-order valence-corrected chi connectivity index (χ1v) is 10.4. The number of fused-ring (bicyclic) bond motifs is 1. The highest BCUT2D eigenvalue weighted by Crippen LogP contribution is 2.65. The second-order valence-electron chi connectivity index (χ2n) is 9.29. The van der Waals surface area contributed by atoms with Crippen LogP contribution in [0.4, 0.5) is 4.79 Å². The lowest BCUT2D eigenvalue weighted by Crippen LogP contribution is -2.50. The van der Waals surface area contributed by atoms with Crippen LogP contribution in [0, 0.1) is 10.8 Å². The van der Waals surface area contributed by atoms with E-state index in [2.05, 4.69) is 0 Å². The second kappa shape index (κ2) is 6.99. The number of hydrogen-bond donors (Lipinski definition) is 1. The summed E-state index contributed by atoms with van der Waals surface area (Å²) >= 11 is 0. The minimum Gasteiger partial charge on any atom is -0.465 e. The molecule has 10 nitrogen and oxygen atoms in total. The minimum absolute atomic E-state index is 0.0677. The average molecular weight is 447 g/mol. The van der Waals surface area contributed by atoms with Crippen LogP contribution < -0.4 is 0 Å². The fourth-order valence-corrected chi connectivity index (χ4v) is 5.05. The van der Waals surface area contributed by atoms with Crippen molar-refractivity contribution in [1.82, 2.24) is 5.06 Å². The molecule has 0 radical (unpaired) electrons. The van der Waals surface area contributed by atoms with Gasteiger partial charge in [-0.1, -0.05) is 16.7 Å². The third-order valence-corrected chi connectivity index (χ3v) is 7.09. The van der Waals surface area contributed by atoms with Crippen LogP contribution >= 0.6 is 0 Å². The Morgan fingerprint density at radius 3 is 2.28 bits per heavy atom. The molecule has 10 heteroatoms. The molecule has 0 aromatic carbocycles. The van der Waals surface area contributed by atoms with E-state index in [9.17, 15) is 29.1 Å². The standard InChI is InChI=1S/C22H25NO9/c1-11-16-13(17(27)21(4,29)22(11)7-8-22)9-20(3,10-30-12(2)24)18(16)31-19(28)32-23-14(25)5-6-15(23)26/h9,18,29H,5-8,10H2,1-4H3/t18-,20+,21+/m1/s1. The number of Topliss-reactive ketones (excluding diaryl/α,β-unsaturated/α-hetero) is 1. The van der Waals surface area contributed by atoms with Crippen molar-refractivity contribution in [2.45, 2.75) is 65.1 Å². The molecule has 0 aromatic heterocycles. The third kappa shape index (κ3) is 3.08. The van der Waals surface area contributed by atoms with Crippen LogP contribution in [-0.4, -0.2) is 58.2 Å². The van der Waals surface area contributed by atoms with Crippen LogP contribution in [0.1, 0.15) is 53.4 Å². The summed E-state index contributed by atoms with van der Waals surface area (Å²) in [5, 5.41) is 11.4. The highest BCUT2D eigenvalue weighted by molar-refractivity contribution is 6.09. The molecular weight excluding hydrogens is 422 g/mol. The first-order chi connectivity index (χ1) is 14.8. The number of nitrogens with zero attached hydrogens (tertiary/aromatic N) is 1. The van der Waals surface area contributed by atoms with Crippen molar-refractivity contribution in [1.29, 1.82) is 0 Å². The maximum atomic E-state index is 13.2. The van der Waals surface area contributed by atoms with Gasteiger partial charge in [0.05, 0.1) is 5.41 Å². The molecule has 4 aliphatic rings. The van der Waals surface area contributed by atoms with Crippen molar-refractivity contribution in [2.75, 3.05) is 6.61 Å². The molecule has 172 valence electrons. The largest absolute Gasteiger partial charge is 0.534 e. The number of esters is 1. The lowest BCUT2D eigenvalue weighted by atomic mass is 9.67. The zero-order valence-electron chi connectivity index (χ0n) is 18.4. The summed E-state index contributed by atoms with van der Waals surface area (Å²) < 4.78 is 10.7. The average Bonchev–Trinajstić information content (AvgIpc) is 3.42. The van der Waals surface area contributed by atoms with Gasteiger partial charge in [0.25, 0.3) is 11.8 Å². The lowest BCUT2D eigenvalue weighted by molar-refractivity contribution is -0.179. The summed E-state index contributed by atoms with van der Waals surface area (Å²) in [5.74, 6) is -2.36. The Hall–Kier alpha value is -3.01. The summed E-state index contributed by atoms with van der Waals surface area (Å²) in [7, 11) is 0. The Kier molecular flexibility index (Phi) is 4.85. The molecule has 32 heavy (non-hydrogen) atoms. The Bertz CT molecular complexity index is 1000. The third-order valence-electron chi connectivity index (χ3n) is 7.09. The Labute approximate surface area is 184 Å². The number of ketones is 1. The van der Waals surface area contributed by atoms with E-state index in [1.165, 1.54) is 13.8 Å². The predicted octanol–water partition coefficient (Wildman–Crippen LogP) is 1.51. The fraction of sp³-hybridized carbons (Fsp3) is 0.591. The maximum absolute atomic E-state index is 13.2. The Balaban J connectivity index is 1.70. The van der Waals surface area contributed by atoms with Gasteiger partial charge in [-0.2, -0.15) is 0 Å². The molecule has 0 aromatic rings. The summed E-state index contributed by atoms with van der Waals surface area (Å²) in [6, 6.07) is 0. The van der Waals surface area contributed by atoms with Crippen LogP contribution in [0.2, 0.25) is 0 Å². The molecule has 1 saturated heterocycles. The number of ether oxygens (including phenoxy) is 2. The maximum Gasteiger partial charge on any atom is 0.534 e. The first kappa shape index (κ1) is 22.2. The zero-order valence-corrected chi connectivity index (χ0v) is 18.4. The molecule has 2 amide bonds. The highest BCUT2D eigenvalue weighted by atomic mass is 16.8. The van der Waals surface area contributed by atoms with Crippen molar-refractivity contribution in [3.05, 3.63) is 22.8 Å². The molecule has 1 spiro atoms. The van der Waals surface area contributed by atoms with Gasteiger partial charge < -0.3 is 14.6 Å². The van der Waals surface area contributed by atoms with Crippen LogP contribution in [0.5, 0.6) is 0 Å². The van der Waals surface area contributed by atoms with Crippen molar-refractivity contribution < 1.29 is 43.4 Å². The number of amides is 2. The number of rotatable bonds is 4. The first-order valence-electron chi connectivity index (χ1n) is 10.4. The Morgan fingerprint density at radius 2 is 1.75 bits per heavy atom. The zero-order chi connectivity index (χ0) is 23.6. The van der Waals surface area contributed by atoms with Crippen LogP contribution in [-0.2, 0) is 33.5 Å². The monoisotopic (exact) mass is 447 g/mol. The van der Waals surface area contributed by atoms with Gasteiger partial charge in [0.1, 0.15) is 18.3 Å². The molecule has 3 atom stereocenters. The normalized spacial score (nSPS) is 32.8. The molecule has 3 aliphatic carbocycles. The van der Waals surface area contributed by atoms with Crippen molar-refractivity contribution >= 4 is 29.7 Å². The minimum atomic E-state index is -1.61. The topological polar surface area (TPSA) is 137 Å². The van der Waals surface area contributed by atoms with Gasteiger partial charge >= 0.3 is 12.1 Å². The Morgan fingerprint density at radius 1 is 1.16 bits per heavy atom. The second-order valence-corrected chi connectivity index (χ2v) is 9.29. The predicted molar refractivity (Wildman–Crippen MR) is 105 cm³/mol. The molecule has 1 N–H and O–H groups in total. The number of hydrogen-bond acceptors (Lipinski definition) is 9. The van der Waals surface area contributed by atoms with Crippen LogP contribution in [0.3, 0.4) is 0 Å². The molecule has 4 rings (SSSR count). The molecule has 1 saturated carbocycles. The van der Waals surface area contributed by atoms with Crippen molar-refractivity contribution in [3.8, 4) is 0 Å². The van der Waals surface area contributed by atoms with E-state index in [0.29, 0.717) is 29.1 Å². The van der Waals surface area contributed by atoms with E-state index in [-0.39, 0.29) is 25.0 Å². The van der Waals surface area contributed by atoms with Gasteiger partial charge in [-0.25, -0.2) is 4.79 Å². The highest BCUT2D eigenvalue weighted by Gasteiger charge is 2.67. The van der Waals surface area contributed by atoms with E-state index in [0.717, 1.165) is 0 Å². The molecule has 1 aliphatic heterocycles. The van der Waals surface area contributed by atoms with Gasteiger partial charge in [-0.15, -0.1) is 0 Å². The van der Waals surface area contributed by atoms with Gasteiger partial charge in [0.15, 0.2) is 5.78 Å². The smallest absolute Gasteiger partial charge is 0.465 e. The van der Waals surface area contributed by atoms with E-state index in [1.807, 2.05) is 0 Å². The fourth-order valence-electron chi connectivity index (χ4n) is 5.05. The van der Waals surface area contributed by atoms with E-state index in [1.54, 1.807) is 19.9 Å². The van der Waals surface area contributed by atoms with Crippen LogP contribution in [0.15, 0.2) is 22.8 Å².